The van der Waals surface area contributed by atoms with Crippen molar-refractivity contribution in [3.8, 4) is 0 Å². The number of carbonyl (C=O) groups is 1. The molecule has 0 saturated carbocycles. The molecule has 0 radical (unpaired) electrons. The molecule has 2 rings (SSSR count). The molecule has 0 aliphatic heterocycles. The van der Waals surface area contributed by atoms with Crippen LogP contribution >= 0.6 is 27.5 Å². The highest BCUT2D eigenvalue weighted by molar-refractivity contribution is 9.10. The third-order valence-electron chi connectivity index (χ3n) is 2.69. The molecule has 1 amide bonds. The van der Waals surface area contributed by atoms with Crippen LogP contribution in [0.2, 0.25) is 5.02 Å². The maximum Gasteiger partial charge on any atom is 0.253 e. The minimum atomic E-state index is -0.160. The van der Waals surface area contributed by atoms with Gasteiger partial charge in [-0.2, -0.15) is 0 Å². The molecule has 19 heavy (non-hydrogen) atoms. The fraction of sp³-hybridized carbons (Fsp3) is 0.143. The van der Waals surface area contributed by atoms with Crippen molar-refractivity contribution in [2.24, 2.45) is 0 Å². The monoisotopic (exact) mass is 338 g/mol. The fourth-order valence-electron chi connectivity index (χ4n) is 1.65. The van der Waals surface area contributed by atoms with Crippen LogP contribution in [0.1, 0.15) is 28.9 Å². The van der Waals surface area contributed by atoms with Crippen molar-refractivity contribution < 1.29 is 4.79 Å². The molecule has 0 spiro atoms. The van der Waals surface area contributed by atoms with E-state index in [1.165, 1.54) is 6.20 Å². The van der Waals surface area contributed by atoms with Gasteiger partial charge in [0.25, 0.3) is 5.91 Å². The van der Waals surface area contributed by atoms with Crippen LogP contribution in [0.3, 0.4) is 0 Å². The highest BCUT2D eigenvalue weighted by Gasteiger charge is 2.11. The molecule has 0 aliphatic rings. The Balaban J connectivity index is 2.08. The second-order valence-corrected chi connectivity index (χ2v) is 5.37. The van der Waals surface area contributed by atoms with Gasteiger partial charge in [0.1, 0.15) is 4.60 Å². The van der Waals surface area contributed by atoms with Crippen LogP contribution < -0.4 is 5.32 Å². The van der Waals surface area contributed by atoms with E-state index in [-0.39, 0.29) is 11.9 Å². The Bertz CT molecular complexity index is 586. The summed E-state index contributed by atoms with van der Waals surface area (Å²) in [5, 5.41) is 3.56. The van der Waals surface area contributed by atoms with Gasteiger partial charge in [0.15, 0.2) is 0 Å². The zero-order valence-corrected chi connectivity index (χ0v) is 12.6. The minimum absolute atomic E-state index is 0.116. The van der Waals surface area contributed by atoms with Crippen LogP contribution in [0.4, 0.5) is 0 Å². The summed E-state index contributed by atoms with van der Waals surface area (Å²) >= 11 is 9.16. The van der Waals surface area contributed by atoms with Crippen LogP contribution in [-0.4, -0.2) is 10.9 Å². The third kappa shape index (κ3) is 3.78. The minimum Gasteiger partial charge on any atom is -0.345 e. The number of carbonyl (C=O) groups excluding carboxylic acids is 1. The maximum absolute atomic E-state index is 12.0. The Hall–Kier alpha value is -1.39. The average molecular weight is 340 g/mol. The van der Waals surface area contributed by atoms with Crippen molar-refractivity contribution in [2.75, 3.05) is 0 Å². The number of rotatable bonds is 3. The van der Waals surface area contributed by atoms with Gasteiger partial charge >= 0.3 is 0 Å². The Kier molecular flexibility index (Phi) is 4.56. The Morgan fingerprint density at radius 1 is 1.37 bits per heavy atom. The van der Waals surface area contributed by atoms with E-state index in [4.69, 9.17) is 11.6 Å². The molecule has 98 valence electrons. The van der Waals surface area contributed by atoms with E-state index in [1.807, 2.05) is 25.1 Å². The van der Waals surface area contributed by atoms with Gasteiger partial charge in [0.05, 0.1) is 11.6 Å². The molecular weight excluding hydrogens is 328 g/mol. The highest BCUT2D eigenvalue weighted by atomic mass is 79.9. The van der Waals surface area contributed by atoms with Crippen LogP contribution in [-0.2, 0) is 0 Å². The highest BCUT2D eigenvalue weighted by Crippen LogP contribution is 2.18. The van der Waals surface area contributed by atoms with E-state index in [1.54, 1.807) is 18.2 Å². The standard InChI is InChI=1S/C14H12BrClN2O/c1-9(10-3-2-4-12(16)7-10)18-14(19)11-5-6-13(15)17-8-11/h2-9H,1H3,(H,18,19). The zero-order valence-electron chi connectivity index (χ0n) is 10.2. The van der Waals surface area contributed by atoms with Gasteiger partial charge in [-0.25, -0.2) is 4.98 Å². The van der Waals surface area contributed by atoms with E-state index in [0.29, 0.717) is 15.2 Å². The largest absolute Gasteiger partial charge is 0.345 e. The van der Waals surface area contributed by atoms with Gasteiger partial charge in [-0.15, -0.1) is 0 Å². The first-order valence-electron chi connectivity index (χ1n) is 5.74. The number of pyridine rings is 1. The lowest BCUT2D eigenvalue weighted by atomic mass is 10.1. The molecule has 0 saturated heterocycles. The first kappa shape index (κ1) is 14.0. The van der Waals surface area contributed by atoms with E-state index in [0.717, 1.165) is 5.56 Å². The predicted octanol–water partition coefficient (Wildman–Crippen LogP) is 3.99. The third-order valence-corrected chi connectivity index (χ3v) is 3.39. The summed E-state index contributed by atoms with van der Waals surface area (Å²) < 4.78 is 0.701. The van der Waals surface area contributed by atoms with Gasteiger partial charge in [-0.1, -0.05) is 23.7 Å². The van der Waals surface area contributed by atoms with Crippen molar-refractivity contribution >= 4 is 33.4 Å². The number of aromatic nitrogens is 1. The summed E-state index contributed by atoms with van der Waals surface area (Å²) in [4.78, 5) is 16.1. The van der Waals surface area contributed by atoms with Crippen molar-refractivity contribution in [2.45, 2.75) is 13.0 Å². The fourth-order valence-corrected chi connectivity index (χ4v) is 2.08. The number of halogens is 2. The van der Waals surface area contributed by atoms with Crippen molar-refractivity contribution in [1.29, 1.82) is 0 Å². The van der Waals surface area contributed by atoms with Gasteiger partial charge in [-0.3, -0.25) is 4.79 Å². The second-order valence-electron chi connectivity index (χ2n) is 4.12. The molecule has 2 aromatic rings. The summed E-state index contributed by atoms with van der Waals surface area (Å²) in [5.74, 6) is -0.160. The van der Waals surface area contributed by atoms with Crippen molar-refractivity contribution in [3.63, 3.8) is 0 Å². The number of nitrogens with zero attached hydrogens (tertiary/aromatic N) is 1. The van der Waals surface area contributed by atoms with E-state index >= 15 is 0 Å². The van der Waals surface area contributed by atoms with E-state index < -0.39 is 0 Å². The van der Waals surface area contributed by atoms with Crippen molar-refractivity contribution in [3.05, 3.63) is 63.3 Å². The summed E-state index contributed by atoms with van der Waals surface area (Å²) in [5.41, 5.74) is 1.49. The normalized spacial score (nSPS) is 11.9. The lowest BCUT2D eigenvalue weighted by molar-refractivity contribution is 0.0939. The van der Waals surface area contributed by atoms with Crippen LogP contribution in [0, 0.1) is 0 Å². The number of hydrogen-bond donors (Lipinski definition) is 1. The molecule has 5 heteroatoms. The molecule has 1 heterocycles. The Morgan fingerprint density at radius 2 is 2.16 bits per heavy atom. The number of benzene rings is 1. The first-order chi connectivity index (χ1) is 9.06. The SMILES string of the molecule is CC(NC(=O)c1ccc(Br)nc1)c1cccc(Cl)c1. The van der Waals surface area contributed by atoms with E-state index in [2.05, 4.69) is 26.2 Å². The van der Waals surface area contributed by atoms with Crippen LogP contribution in [0.25, 0.3) is 0 Å². The zero-order chi connectivity index (χ0) is 13.8. The molecule has 0 bridgehead atoms. The Labute approximate surface area is 125 Å². The lowest BCUT2D eigenvalue weighted by Crippen LogP contribution is -2.26. The number of nitrogens with one attached hydrogen (secondary N) is 1. The Morgan fingerprint density at radius 3 is 2.79 bits per heavy atom. The quantitative estimate of drug-likeness (QED) is 0.859. The smallest absolute Gasteiger partial charge is 0.253 e. The number of hydrogen-bond acceptors (Lipinski definition) is 2. The molecule has 1 atom stereocenters. The first-order valence-corrected chi connectivity index (χ1v) is 6.91. The summed E-state index contributed by atoms with van der Waals surface area (Å²) in [7, 11) is 0. The summed E-state index contributed by atoms with van der Waals surface area (Å²) in [6.07, 6.45) is 1.53. The predicted molar refractivity (Wildman–Crippen MR) is 79.3 cm³/mol. The van der Waals surface area contributed by atoms with Gasteiger partial charge in [-0.05, 0) is 52.7 Å². The molecular formula is C14H12BrClN2O. The maximum atomic E-state index is 12.0. The molecule has 1 N–H and O–H groups in total. The lowest BCUT2D eigenvalue weighted by Gasteiger charge is -2.14. The topological polar surface area (TPSA) is 42.0 Å². The van der Waals surface area contributed by atoms with Gasteiger partial charge < -0.3 is 5.32 Å². The summed E-state index contributed by atoms with van der Waals surface area (Å²) in [6, 6.07) is 10.8. The molecule has 0 aliphatic carbocycles. The molecule has 3 nitrogen and oxygen atoms in total. The van der Waals surface area contributed by atoms with E-state index in [9.17, 15) is 4.79 Å². The van der Waals surface area contributed by atoms with Crippen molar-refractivity contribution in [1.82, 2.24) is 10.3 Å². The summed E-state index contributed by atoms with van der Waals surface area (Å²) in [6.45, 7) is 1.91. The number of amides is 1. The van der Waals surface area contributed by atoms with Crippen LogP contribution in [0.15, 0.2) is 47.2 Å². The average Bonchev–Trinajstić information content (AvgIpc) is 2.39. The van der Waals surface area contributed by atoms with Gasteiger partial charge in [0, 0.05) is 11.2 Å². The molecule has 1 unspecified atom stereocenters. The molecule has 0 fully saturated rings. The second kappa shape index (κ2) is 6.17. The van der Waals surface area contributed by atoms with Crippen LogP contribution in [0.5, 0.6) is 0 Å². The molecule has 1 aromatic heterocycles. The van der Waals surface area contributed by atoms with Gasteiger partial charge in [0.2, 0.25) is 0 Å². The molecule has 1 aromatic carbocycles.